The molecule has 0 saturated carbocycles. The number of aromatic amines is 1. The smallest absolute Gasteiger partial charge is 0.152 e. The van der Waals surface area contributed by atoms with Crippen molar-refractivity contribution in [3.63, 3.8) is 0 Å². The summed E-state index contributed by atoms with van der Waals surface area (Å²) in [5.74, 6) is 0. The Balaban J connectivity index is 1.88. The van der Waals surface area contributed by atoms with Gasteiger partial charge in [-0.15, -0.1) is 0 Å². The largest absolute Gasteiger partial charge is 0.380 e. The highest BCUT2D eigenvalue weighted by Crippen LogP contribution is 2.23. The van der Waals surface area contributed by atoms with E-state index in [0.717, 1.165) is 73.4 Å². The number of hydrogen-bond donors (Lipinski definition) is 1. The van der Waals surface area contributed by atoms with Crippen LogP contribution in [0.5, 0.6) is 0 Å². The van der Waals surface area contributed by atoms with Crippen LogP contribution in [0, 0.1) is 0 Å². The average Bonchev–Trinajstić information content (AvgIpc) is 3.02. The highest BCUT2D eigenvalue weighted by molar-refractivity contribution is 6.21. The molecule has 1 N–H and O–H groups in total. The molecule has 2 heterocycles. The van der Waals surface area contributed by atoms with E-state index in [1.807, 2.05) is 37.3 Å². The number of H-pyrrole nitrogens is 1. The second kappa shape index (κ2) is 11.4. The first-order valence-corrected chi connectivity index (χ1v) is 10.7. The Morgan fingerprint density at radius 1 is 1.29 bits per heavy atom. The average molecular weight is 418 g/mol. The van der Waals surface area contributed by atoms with Crippen LogP contribution in [0.25, 0.3) is 16.5 Å². The quantitative estimate of drug-likeness (QED) is 0.292. The van der Waals surface area contributed by atoms with Crippen molar-refractivity contribution < 1.29 is 9.53 Å². The number of aromatic nitrogens is 1. The minimum absolute atomic E-state index is 0.558. The van der Waals surface area contributed by atoms with E-state index in [1.54, 1.807) is 13.1 Å². The summed E-state index contributed by atoms with van der Waals surface area (Å²) in [6, 6.07) is 8.46. The van der Waals surface area contributed by atoms with Crippen LogP contribution in [0.3, 0.4) is 0 Å². The van der Waals surface area contributed by atoms with Crippen LogP contribution in [0.1, 0.15) is 24.6 Å². The van der Waals surface area contributed by atoms with E-state index in [2.05, 4.69) is 39.7 Å². The number of carbonyl (C=O) groups excluding carboxylic acids is 1. The van der Waals surface area contributed by atoms with Gasteiger partial charge in [0.25, 0.3) is 0 Å². The lowest BCUT2D eigenvalue weighted by atomic mass is 10.0. The molecule has 0 radical (unpaired) electrons. The summed E-state index contributed by atoms with van der Waals surface area (Å²) in [6.07, 6.45) is 11.2. The molecule has 1 aromatic carbocycles. The SMILES string of the molecule is C=C/C=C(\C=C/C)C(/C=C(\C=O)c1cc2cc(CN3CCCOCC3)ccc2[nH]1)=NC. The molecule has 0 atom stereocenters. The number of fused-ring (bicyclic) bond motifs is 1. The number of benzene rings is 1. The number of hydrogen-bond acceptors (Lipinski definition) is 4. The molecular formula is C26H31N3O2. The first kappa shape index (κ1) is 22.7. The molecule has 162 valence electrons. The number of carbonyl (C=O) groups is 1. The second-order valence-corrected chi connectivity index (χ2v) is 7.53. The van der Waals surface area contributed by atoms with Crippen molar-refractivity contribution in [1.29, 1.82) is 0 Å². The third kappa shape index (κ3) is 6.00. The summed E-state index contributed by atoms with van der Waals surface area (Å²) in [5, 5.41) is 1.09. The maximum atomic E-state index is 11.9. The molecule has 0 spiro atoms. The van der Waals surface area contributed by atoms with Gasteiger partial charge in [0.15, 0.2) is 6.29 Å². The molecule has 1 saturated heterocycles. The fraction of sp³-hybridized carbons (Fsp3) is 0.308. The van der Waals surface area contributed by atoms with Crippen LogP contribution < -0.4 is 0 Å². The van der Waals surface area contributed by atoms with E-state index < -0.39 is 0 Å². The summed E-state index contributed by atoms with van der Waals surface area (Å²) in [4.78, 5) is 22.1. The van der Waals surface area contributed by atoms with E-state index in [9.17, 15) is 4.79 Å². The summed E-state index contributed by atoms with van der Waals surface area (Å²) in [5.41, 5.74) is 5.24. The van der Waals surface area contributed by atoms with Crippen molar-refractivity contribution in [3.8, 4) is 0 Å². The highest BCUT2D eigenvalue weighted by atomic mass is 16.5. The predicted molar refractivity (Wildman–Crippen MR) is 130 cm³/mol. The standard InChI is InChI=1S/C26H31N3O2/c1-4-7-21(8-5-2)25(27-3)17-23(19-30)26-16-22-15-20(9-10-24(22)28-26)18-29-11-6-13-31-14-12-29/h4-5,7-10,15-17,19,28H,1,6,11-14,18H2,2-3H3/b8-5-,21-7+,23-17+,27-25?. The number of rotatable bonds is 8. The normalized spacial score (nSPS) is 17.3. The van der Waals surface area contributed by atoms with Crippen molar-refractivity contribution in [3.05, 3.63) is 78.1 Å². The number of nitrogens with zero attached hydrogens (tertiary/aromatic N) is 2. The topological polar surface area (TPSA) is 57.7 Å². The molecule has 5 heteroatoms. The lowest BCUT2D eigenvalue weighted by molar-refractivity contribution is -0.103. The molecule has 1 aromatic heterocycles. The maximum Gasteiger partial charge on any atom is 0.152 e. The van der Waals surface area contributed by atoms with Gasteiger partial charge < -0.3 is 9.72 Å². The third-order valence-electron chi connectivity index (χ3n) is 5.32. The Morgan fingerprint density at radius 2 is 2.16 bits per heavy atom. The summed E-state index contributed by atoms with van der Waals surface area (Å²) in [7, 11) is 1.72. The molecule has 0 unspecified atom stereocenters. The van der Waals surface area contributed by atoms with E-state index in [4.69, 9.17) is 4.74 Å². The predicted octanol–water partition coefficient (Wildman–Crippen LogP) is 4.73. The van der Waals surface area contributed by atoms with Crippen molar-refractivity contribution in [2.75, 3.05) is 33.4 Å². The Bertz CT molecular complexity index is 1030. The Hall–Kier alpha value is -3.02. The minimum atomic E-state index is 0.558. The summed E-state index contributed by atoms with van der Waals surface area (Å²) >= 11 is 0. The molecule has 0 bridgehead atoms. The van der Waals surface area contributed by atoms with Gasteiger partial charge in [-0.2, -0.15) is 0 Å². The summed E-state index contributed by atoms with van der Waals surface area (Å²) in [6.45, 7) is 10.3. The van der Waals surface area contributed by atoms with Gasteiger partial charge in [0.05, 0.1) is 12.3 Å². The van der Waals surface area contributed by atoms with Crippen molar-refractivity contribution in [2.24, 2.45) is 4.99 Å². The monoisotopic (exact) mass is 417 g/mol. The number of aliphatic imine (C=N–C) groups is 1. The minimum Gasteiger partial charge on any atom is -0.380 e. The summed E-state index contributed by atoms with van der Waals surface area (Å²) < 4.78 is 5.55. The van der Waals surface area contributed by atoms with E-state index in [0.29, 0.717) is 5.57 Å². The Labute approximate surface area is 184 Å². The van der Waals surface area contributed by atoms with Crippen LogP contribution in [-0.4, -0.2) is 55.2 Å². The maximum absolute atomic E-state index is 11.9. The molecule has 3 rings (SSSR count). The van der Waals surface area contributed by atoms with E-state index in [-0.39, 0.29) is 0 Å². The van der Waals surface area contributed by atoms with E-state index >= 15 is 0 Å². The van der Waals surface area contributed by atoms with Crippen molar-refractivity contribution in [1.82, 2.24) is 9.88 Å². The molecule has 1 aliphatic heterocycles. The van der Waals surface area contributed by atoms with Crippen LogP contribution in [-0.2, 0) is 16.1 Å². The number of nitrogens with one attached hydrogen (secondary N) is 1. The first-order chi connectivity index (χ1) is 15.2. The molecule has 0 aliphatic carbocycles. The number of allylic oxidation sites excluding steroid dienone is 7. The van der Waals surface area contributed by atoms with Gasteiger partial charge in [-0.05, 0) is 48.8 Å². The molecule has 0 amide bonds. The highest BCUT2D eigenvalue weighted by Gasteiger charge is 2.12. The zero-order valence-corrected chi connectivity index (χ0v) is 18.4. The number of ether oxygens (including phenoxy) is 1. The molecule has 5 nitrogen and oxygen atoms in total. The van der Waals surface area contributed by atoms with Crippen LogP contribution in [0.4, 0.5) is 0 Å². The lowest BCUT2D eigenvalue weighted by Gasteiger charge is -2.18. The Morgan fingerprint density at radius 3 is 2.90 bits per heavy atom. The molecule has 2 aromatic rings. The third-order valence-corrected chi connectivity index (χ3v) is 5.32. The first-order valence-electron chi connectivity index (χ1n) is 10.7. The zero-order valence-electron chi connectivity index (χ0n) is 18.4. The molecular weight excluding hydrogens is 386 g/mol. The molecule has 1 fully saturated rings. The van der Waals surface area contributed by atoms with E-state index in [1.165, 1.54) is 5.56 Å². The fourth-order valence-corrected chi connectivity index (χ4v) is 3.78. The van der Waals surface area contributed by atoms with Gasteiger partial charge in [-0.3, -0.25) is 14.7 Å². The van der Waals surface area contributed by atoms with Gasteiger partial charge in [0, 0.05) is 55.5 Å². The van der Waals surface area contributed by atoms with Crippen LogP contribution in [0.2, 0.25) is 0 Å². The number of aldehydes is 1. The van der Waals surface area contributed by atoms with Gasteiger partial charge in [0.2, 0.25) is 0 Å². The van der Waals surface area contributed by atoms with Gasteiger partial charge >= 0.3 is 0 Å². The zero-order chi connectivity index (χ0) is 22.1. The Kier molecular flexibility index (Phi) is 8.33. The molecule has 1 aliphatic rings. The van der Waals surface area contributed by atoms with Gasteiger partial charge in [0.1, 0.15) is 0 Å². The van der Waals surface area contributed by atoms with Gasteiger partial charge in [-0.1, -0.05) is 36.9 Å². The lowest BCUT2D eigenvalue weighted by Crippen LogP contribution is -2.25. The fourth-order valence-electron chi connectivity index (χ4n) is 3.78. The van der Waals surface area contributed by atoms with Gasteiger partial charge in [-0.25, -0.2) is 0 Å². The molecule has 31 heavy (non-hydrogen) atoms. The van der Waals surface area contributed by atoms with Crippen LogP contribution >= 0.6 is 0 Å². The van der Waals surface area contributed by atoms with Crippen LogP contribution in [0.15, 0.2) is 71.8 Å². The van der Waals surface area contributed by atoms with Crippen molar-refractivity contribution >= 4 is 28.5 Å². The van der Waals surface area contributed by atoms with Crippen molar-refractivity contribution in [2.45, 2.75) is 19.9 Å². The second-order valence-electron chi connectivity index (χ2n) is 7.53.